The molecule has 0 aliphatic heterocycles. The van der Waals surface area contributed by atoms with Crippen LogP contribution in [0.25, 0.3) is 17.3 Å². The van der Waals surface area contributed by atoms with Crippen LogP contribution in [0.3, 0.4) is 0 Å². The van der Waals surface area contributed by atoms with E-state index >= 15 is 0 Å². The first-order chi connectivity index (χ1) is 15.2. The van der Waals surface area contributed by atoms with Gasteiger partial charge in [0.25, 0.3) is 0 Å². The van der Waals surface area contributed by atoms with Crippen molar-refractivity contribution in [3.8, 4) is 22.8 Å². The third-order valence-electron chi connectivity index (χ3n) is 6.13. The summed E-state index contributed by atoms with van der Waals surface area (Å²) in [6.07, 6.45) is 5.30. The second-order valence-corrected chi connectivity index (χ2v) is 7.77. The lowest BCUT2D eigenvalue weighted by Crippen LogP contribution is -2.30. The minimum atomic E-state index is -0.313. The summed E-state index contributed by atoms with van der Waals surface area (Å²) in [5.74, 6) is 1.70. The molecule has 0 unspecified atom stereocenters. The van der Waals surface area contributed by atoms with Crippen LogP contribution in [0.1, 0.15) is 22.4 Å². The van der Waals surface area contributed by atoms with Crippen molar-refractivity contribution in [1.82, 2.24) is 10.2 Å². The molecule has 0 amide bonds. The standard InChI is InChI=1S/C27H24N2O2/c1-30-22-12-8-20(9-13-22)27(21-10-14-23(31-2)15-11-21)17-16-24-25(18-27)28-29-26(24)19-6-4-3-5-7-19/h3-17H,18H2,1-2H3,(H,28,29). The summed E-state index contributed by atoms with van der Waals surface area (Å²) in [6.45, 7) is 0. The van der Waals surface area contributed by atoms with E-state index < -0.39 is 0 Å². The van der Waals surface area contributed by atoms with E-state index in [-0.39, 0.29) is 5.41 Å². The first-order valence-corrected chi connectivity index (χ1v) is 10.3. The molecule has 4 heteroatoms. The van der Waals surface area contributed by atoms with Crippen molar-refractivity contribution in [2.75, 3.05) is 14.2 Å². The fourth-order valence-corrected chi connectivity index (χ4v) is 4.42. The Kier molecular flexibility index (Phi) is 4.83. The van der Waals surface area contributed by atoms with Gasteiger partial charge in [-0.05, 0) is 35.4 Å². The number of rotatable bonds is 5. The van der Waals surface area contributed by atoms with Crippen LogP contribution >= 0.6 is 0 Å². The maximum atomic E-state index is 5.38. The van der Waals surface area contributed by atoms with Crippen LogP contribution in [0.5, 0.6) is 11.5 Å². The van der Waals surface area contributed by atoms with E-state index in [4.69, 9.17) is 9.47 Å². The van der Waals surface area contributed by atoms with Gasteiger partial charge in [-0.25, -0.2) is 0 Å². The highest BCUT2D eigenvalue weighted by Crippen LogP contribution is 2.43. The summed E-state index contributed by atoms with van der Waals surface area (Å²) in [5, 5.41) is 7.97. The predicted octanol–water partition coefficient (Wildman–Crippen LogP) is 5.65. The van der Waals surface area contributed by atoms with Crippen LogP contribution in [0, 0.1) is 0 Å². The molecule has 0 radical (unpaired) electrons. The van der Waals surface area contributed by atoms with Crippen LogP contribution < -0.4 is 9.47 Å². The van der Waals surface area contributed by atoms with Crippen LogP contribution in [0.4, 0.5) is 0 Å². The number of H-pyrrole nitrogens is 1. The van der Waals surface area contributed by atoms with E-state index in [1.54, 1.807) is 14.2 Å². The molecule has 0 spiro atoms. The van der Waals surface area contributed by atoms with Gasteiger partial charge in [0.15, 0.2) is 0 Å². The van der Waals surface area contributed by atoms with Gasteiger partial charge in [-0.2, -0.15) is 5.10 Å². The Morgan fingerprint density at radius 3 is 1.90 bits per heavy atom. The third kappa shape index (κ3) is 3.30. The number of methoxy groups -OCH3 is 2. The van der Waals surface area contributed by atoms with E-state index in [1.807, 2.05) is 42.5 Å². The molecular weight excluding hydrogens is 384 g/mol. The molecule has 5 rings (SSSR count). The van der Waals surface area contributed by atoms with Gasteiger partial charge in [-0.15, -0.1) is 0 Å². The number of nitrogens with zero attached hydrogens (tertiary/aromatic N) is 1. The van der Waals surface area contributed by atoms with E-state index in [2.05, 4.69) is 58.7 Å². The Hall–Kier alpha value is -3.79. The summed E-state index contributed by atoms with van der Waals surface area (Å²) >= 11 is 0. The van der Waals surface area contributed by atoms with Gasteiger partial charge in [-0.3, -0.25) is 5.10 Å². The molecule has 3 aromatic carbocycles. The van der Waals surface area contributed by atoms with E-state index in [0.29, 0.717) is 0 Å². The van der Waals surface area contributed by atoms with Crippen molar-refractivity contribution in [2.45, 2.75) is 11.8 Å². The van der Waals surface area contributed by atoms with Gasteiger partial charge < -0.3 is 9.47 Å². The molecule has 0 atom stereocenters. The van der Waals surface area contributed by atoms with E-state index in [1.165, 1.54) is 11.1 Å². The molecule has 4 aromatic rings. The van der Waals surface area contributed by atoms with Gasteiger partial charge in [0, 0.05) is 28.7 Å². The molecule has 1 N–H and O–H groups in total. The quantitative estimate of drug-likeness (QED) is 0.464. The zero-order valence-corrected chi connectivity index (χ0v) is 17.6. The van der Waals surface area contributed by atoms with Crippen LogP contribution in [-0.4, -0.2) is 24.4 Å². The Morgan fingerprint density at radius 2 is 1.35 bits per heavy atom. The number of benzene rings is 3. The highest BCUT2D eigenvalue weighted by molar-refractivity contribution is 5.76. The largest absolute Gasteiger partial charge is 0.497 e. The number of nitrogens with one attached hydrogen (secondary N) is 1. The molecule has 1 heterocycles. The lowest BCUT2D eigenvalue weighted by Gasteiger charge is -2.34. The minimum absolute atomic E-state index is 0.313. The number of aromatic amines is 1. The molecule has 0 fully saturated rings. The molecule has 1 aliphatic rings. The summed E-state index contributed by atoms with van der Waals surface area (Å²) < 4.78 is 10.8. The molecule has 4 nitrogen and oxygen atoms in total. The number of hydrogen-bond acceptors (Lipinski definition) is 3. The number of hydrogen-bond donors (Lipinski definition) is 1. The zero-order valence-electron chi connectivity index (χ0n) is 17.6. The number of fused-ring (bicyclic) bond motifs is 1. The summed E-state index contributed by atoms with van der Waals surface area (Å²) in [4.78, 5) is 0. The number of allylic oxidation sites excluding steroid dienone is 1. The van der Waals surface area contributed by atoms with Crippen molar-refractivity contribution in [1.29, 1.82) is 0 Å². The molecule has 0 bridgehead atoms. The molecule has 0 saturated carbocycles. The Balaban J connectivity index is 1.63. The average Bonchev–Trinajstić information content (AvgIpc) is 3.27. The predicted molar refractivity (Wildman–Crippen MR) is 124 cm³/mol. The molecule has 31 heavy (non-hydrogen) atoms. The summed E-state index contributed by atoms with van der Waals surface area (Å²) in [5.41, 5.74) is 6.49. The first-order valence-electron chi connectivity index (χ1n) is 10.3. The smallest absolute Gasteiger partial charge is 0.118 e. The van der Waals surface area contributed by atoms with E-state index in [0.717, 1.165) is 40.4 Å². The minimum Gasteiger partial charge on any atom is -0.497 e. The first kappa shape index (κ1) is 19.2. The topological polar surface area (TPSA) is 47.1 Å². The lowest BCUT2D eigenvalue weighted by atomic mass is 9.68. The lowest BCUT2D eigenvalue weighted by molar-refractivity contribution is 0.414. The Bertz CT molecular complexity index is 1160. The second kappa shape index (κ2) is 7.80. The molecule has 1 aromatic heterocycles. The monoisotopic (exact) mass is 408 g/mol. The molecule has 0 saturated heterocycles. The Morgan fingerprint density at radius 1 is 0.774 bits per heavy atom. The van der Waals surface area contributed by atoms with Crippen LogP contribution in [0.2, 0.25) is 0 Å². The van der Waals surface area contributed by atoms with Gasteiger partial charge >= 0.3 is 0 Å². The molecule has 154 valence electrons. The van der Waals surface area contributed by atoms with Gasteiger partial charge in [0.1, 0.15) is 11.5 Å². The highest BCUT2D eigenvalue weighted by atomic mass is 16.5. The van der Waals surface area contributed by atoms with Crippen LogP contribution in [0.15, 0.2) is 84.9 Å². The normalized spacial score (nSPS) is 14.1. The van der Waals surface area contributed by atoms with Crippen LogP contribution in [-0.2, 0) is 11.8 Å². The Labute approximate surface area is 182 Å². The fourth-order valence-electron chi connectivity index (χ4n) is 4.42. The van der Waals surface area contributed by atoms with Gasteiger partial charge in [-0.1, -0.05) is 66.7 Å². The van der Waals surface area contributed by atoms with Crippen molar-refractivity contribution in [3.63, 3.8) is 0 Å². The third-order valence-corrected chi connectivity index (χ3v) is 6.13. The summed E-state index contributed by atoms with van der Waals surface area (Å²) in [7, 11) is 3.38. The summed E-state index contributed by atoms with van der Waals surface area (Å²) in [6, 6.07) is 27.0. The van der Waals surface area contributed by atoms with E-state index in [9.17, 15) is 0 Å². The SMILES string of the molecule is COc1ccc(C2(c3ccc(OC)cc3)C=Cc3c(-c4ccccc4)n[nH]c3C2)cc1. The number of ether oxygens (including phenoxy) is 2. The molecular formula is C27H24N2O2. The maximum absolute atomic E-state index is 5.38. The zero-order chi connectivity index (χ0) is 21.3. The average molecular weight is 409 g/mol. The maximum Gasteiger partial charge on any atom is 0.118 e. The van der Waals surface area contributed by atoms with Crippen molar-refractivity contribution >= 4 is 6.08 Å². The second-order valence-electron chi connectivity index (χ2n) is 7.77. The molecule has 1 aliphatic carbocycles. The highest BCUT2D eigenvalue weighted by Gasteiger charge is 2.36. The van der Waals surface area contributed by atoms with Gasteiger partial charge in [0.2, 0.25) is 0 Å². The van der Waals surface area contributed by atoms with Gasteiger partial charge in [0.05, 0.1) is 19.9 Å². The van der Waals surface area contributed by atoms with Crippen molar-refractivity contribution in [3.05, 3.63) is 107 Å². The van der Waals surface area contributed by atoms with Crippen molar-refractivity contribution in [2.24, 2.45) is 0 Å². The number of aromatic nitrogens is 2. The fraction of sp³-hybridized carbons (Fsp3) is 0.148. The van der Waals surface area contributed by atoms with Crippen molar-refractivity contribution < 1.29 is 9.47 Å².